The van der Waals surface area contributed by atoms with E-state index < -0.39 is 23.9 Å². The van der Waals surface area contributed by atoms with Crippen molar-refractivity contribution in [3.8, 4) is 17.2 Å². The Morgan fingerprint density at radius 1 is 0.717 bits per heavy atom. The lowest BCUT2D eigenvalue weighted by Gasteiger charge is -2.26. The summed E-state index contributed by atoms with van der Waals surface area (Å²) in [4.78, 5) is 49.6. The van der Waals surface area contributed by atoms with Gasteiger partial charge in [0, 0.05) is 5.69 Å². The summed E-state index contributed by atoms with van der Waals surface area (Å²) >= 11 is 0. The maximum atomic E-state index is 12.3. The van der Waals surface area contributed by atoms with Crippen molar-refractivity contribution >= 4 is 35.3 Å². The summed E-state index contributed by atoms with van der Waals surface area (Å²) < 4.78 is 36.8. The van der Waals surface area contributed by atoms with Crippen LogP contribution in [0.1, 0.15) is 27.5 Å². The second-order valence-electron chi connectivity index (χ2n) is 10.0. The third-order valence-electron chi connectivity index (χ3n) is 7.13. The second-order valence-corrected chi connectivity index (χ2v) is 10.0. The van der Waals surface area contributed by atoms with E-state index in [1.165, 1.54) is 33.3 Å². The minimum absolute atomic E-state index is 0.0763. The van der Waals surface area contributed by atoms with Crippen LogP contribution in [-0.2, 0) is 39.8 Å². The van der Waals surface area contributed by atoms with E-state index in [9.17, 15) is 19.2 Å². The van der Waals surface area contributed by atoms with E-state index in [0.29, 0.717) is 34.9 Å². The molecule has 1 aliphatic heterocycles. The van der Waals surface area contributed by atoms with Crippen LogP contribution in [-0.4, -0.2) is 85.2 Å². The SMILES string of the molecule is COC(=O)COc1ccccc1OCCOc1cc(C2Cc3ccc(C(=O)OC)cc3N2)ccc1N(CC(=O)OC)CC(=O)OC. The molecule has 0 saturated heterocycles. The molecule has 0 fully saturated rings. The Balaban J connectivity index is 1.56. The average Bonchev–Trinajstić information content (AvgIpc) is 3.52. The number of hydrogen-bond acceptors (Lipinski definition) is 13. The van der Waals surface area contributed by atoms with E-state index in [1.807, 2.05) is 18.2 Å². The normalized spacial score (nSPS) is 13.0. The molecule has 0 bridgehead atoms. The van der Waals surface area contributed by atoms with Gasteiger partial charge in [0.1, 0.15) is 32.1 Å². The molecule has 1 atom stereocenters. The fraction of sp³-hybridized carbons (Fsp3) is 0.333. The Bertz CT molecular complexity index is 1540. The van der Waals surface area contributed by atoms with Crippen molar-refractivity contribution in [2.45, 2.75) is 12.5 Å². The molecule has 1 heterocycles. The van der Waals surface area contributed by atoms with Crippen LogP contribution in [0.5, 0.6) is 17.2 Å². The number of anilines is 2. The van der Waals surface area contributed by atoms with E-state index in [0.717, 1.165) is 16.8 Å². The quantitative estimate of drug-likeness (QED) is 0.148. The molecule has 13 nitrogen and oxygen atoms in total. The van der Waals surface area contributed by atoms with Gasteiger partial charge < -0.3 is 43.4 Å². The summed E-state index contributed by atoms with van der Waals surface area (Å²) in [5.74, 6) is -0.916. The summed E-state index contributed by atoms with van der Waals surface area (Å²) in [5, 5.41) is 3.45. The summed E-state index contributed by atoms with van der Waals surface area (Å²) in [6.07, 6.45) is 0.648. The van der Waals surface area contributed by atoms with E-state index in [-0.39, 0.29) is 39.0 Å². The molecule has 0 amide bonds. The monoisotopic (exact) mass is 636 g/mol. The highest BCUT2D eigenvalue weighted by molar-refractivity contribution is 5.91. The number of methoxy groups -OCH3 is 4. The van der Waals surface area contributed by atoms with E-state index in [2.05, 4.69) is 10.1 Å². The molecule has 0 aromatic heterocycles. The smallest absolute Gasteiger partial charge is 0.343 e. The lowest BCUT2D eigenvalue weighted by Crippen LogP contribution is -2.36. The minimum Gasteiger partial charge on any atom is -0.488 e. The molecule has 0 saturated carbocycles. The van der Waals surface area contributed by atoms with Crippen molar-refractivity contribution in [3.05, 3.63) is 77.4 Å². The first kappa shape index (κ1) is 33.4. The first-order valence-corrected chi connectivity index (χ1v) is 14.3. The van der Waals surface area contributed by atoms with E-state index >= 15 is 0 Å². The van der Waals surface area contributed by atoms with Crippen LogP contribution in [0.15, 0.2) is 60.7 Å². The zero-order chi connectivity index (χ0) is 33.1. The van der Waals surface area contributed by atoms with Gasteiger partial charge in [0.25, 0.3) is 0 Å². The van der Waals surface area contributed by atoms with Crippen LogP contribution >= 0.6 is 0 Å². The second kappa shape index (κ2) is 16.0. The number of rotatable bonds is 15. The molecular formula is C33H36N2O11. The van der Waals surface area contributed by atoms with E-state index in [4.69, 9.17) is 28.4 Å². The van der Waals surface area contributed by atoms with Gasteiger partial charge in [-0.15, -0.1) is 0 Å². The fourth-order valence-corrected chi connectivity index (χ4v) is 4.77. The summed E-state index contributed by atoms with van der Waals surface area (Å²) in [5.41, 5.74) is 3.62. The van der Waals surface area contributed by atoms with Crippen LogP contribution < -0.4 is 24.4 Å². The molecule has 244 valence electrons. The van der Waals surface area contributed by atoms with Gasteiger partial charge in [-0.2, -0.15) is 0 Å². The molecule has 4 rings (SSSR count). The van der Waals surface area contributed by atoms with Gasteiger partial charge >= 0.3 is 23.9 Å². The van der Waals surface area contributed by atoms with Crippen LogP contribution in [0.4, 0.5) is 11.4 Å². The van der Waals surface area contributed by atoms with Gasteiger partial charge in [-0.25, -0.2) is 9.59 Å². The number of nitrogens with zero attached hydrogens (tertiary/aromatic N) is 1. The number of carbonyl (C=O) groups excluding carboxylic acids is 4. The van der Waals surface area contributed by atoms with Crippen molar-refractivity contribution in [3.63, 3.8) is 0 Å². The van der Waals surface area contributed by atoms with Crippen LogP contribution in [0.3, 0.4) is 0 Å². The maximum Gasteiger partial charge on any atom is 0.343 e. The number of para-hydroxylation sites is 2. The zero-order valence-corrected chi connectivity index (χ0v) is 26.0. The lowest BCUT2D eigenvalue weighted by atomic mass is 10.0. The molecule has 46 heavy (non-hydrogen) atoms. The zero-order valence-electron chi connectivity index (χ0n) is 26.0. The molecule has 0 spiro atoms. The minimum atomic E-state index is -0.555. The van der Waals surface area contributed by atoms with Crippen molar-refractivity contribution in [2.24, 2.45) is 0 Å². The van der Waals surface area contributed by atoms with Crippen LogP contribution in [0.25, 0.3) is 0 Å². The molecule has 3 aromatic carbocycles. The van der Waals surface area contributed by atoms with Gasteiger partial charge in [0.2, 0.25) is 0 Å². The molecule has 0 aliphatic carbocycles. The Morgan fingerprint density at radius 2 is 1.35 bits per heavy atom. The van der Waals surface area contributed by atoms with Crippen molar-refractivity contribution in [2.75, 3.05) is 71.6 Å². The topological polar surface area (TPSA) is 148 Å². The predicted molar refractivity (Wildman–Crippen MR) is 165 cm³/mol. The van der Waals surface area contributed by atoms with Gasteiger partial charge in [-0.05, 0) is 53.9 Å². The Labute approximate surface area is 266 Å². The highest BCUT2D eigenvalue weighted by Gasteiger charge is 2.26. The van der Waals surface area contributed by atoms with Gasteiger partial charge in [0.05, 0.1) is 45.7 Å². The fourth-order valence-electron chi connectivity index (χ4n) is 4.77. The Kier molecular flexibility index (Phi) is 11.6. The number of ether oxygens (including phenoxy) is 7. The molecule has 1 N–H and O–H groups in total. The molecule has 1 aliphatic rings. The van der Waals surface area contributed by atoms with Gasteiger partial charge in [-0.1, -0.05) is 24.3 Å². The van der Waals surface area contributed by atoms with Crippen molar-refractivity contribution in [1.29, 1.82) is 0 Å². The Hall–Kier alpha value is -5.46. The van der Waals surface area contributed by atoms with Crippen LogP contribution in [0.2, 0.25) is 0 Å². The number of nitrogens with one attached hydrogen (secondary N) is 1. The first-order chi connectivity index (χ1) is 22.3. The lowest BCUT2D eigenvalue weighted by molar-refractivity contribution is -0.143. The van der Waals surface area contributed by atoms with E-state index in [1.54, 1.807) is 42.5 Å². The molecule has 13 heteroatoms. The van der Waals surface area contributed by atoms with Gasteiger partial charge in [-0.3, -0.25) is 9.59 Å². The van der Waals surface area contributed by atoms with Gasteiger partial charge in [0.15, 0.2) is 18.1 Å². The molecule has 1 unspecified atom stereocenters. The molecule has 3 aromatic rings. The largest absolute Gasteiger partial charge is 0.488 e. The van der Waals surface area contributed by atoms with Crippen molar-refractivity contribution in [1.82, 2.24) is 0 Å². The van der Waals surface area contributed by atoms with Crippen LogP contribution in [0, 0.1) is 0 Å². The number of benzene rings is 3. The third kappa shape index (κ3) is 8.58. The number of fused-ring (bicyclic) bond motifs is 1. The number of hydrogen-bond donors (Lipinski definition) is 1. The number of esters is 4. The highest BCUT2D eigenvalue weighted by Crippen LogP contribution is 2.39. The summed E-state index contributed by atoms with van der Waals surface area (Å²) in [6.45, 7) is -0.562. The van der Waals surface area contributed by atoms with Crippen molar-refractivity contribution < 1.29 is 52.3 Å². The molecular weight excluding hydrogens is 600 g/mol. The average molecular weight is 637 g/mol. The standard InChI is InChI=1S/C33H36N2O11/c1-40-30(36)18-35(19-31(37)41-2)26-12-11-22(24-15-21-9-10-23(33(39)43-4)16-25(21)34-24)17-29(26)45-14-13-44-27-7-5-6-8-28(27)46-20-32(38)42-3/h5-12,16-17,24,34H,13-15,18-20H2,1-4H3. The highest BCUT2D eigenvalue weighted by atomic mass is 16.6. The third-order valence-corrected chi connectivity index (χ3v) is 7.13. The first-order valence-electron chi connectivity index (χ1n) is 14.3. The summed E-state index contributed by atoms with van der Waals surface area (Å²) in [6, 6.07) is 17.6. The predicted octanol–water partition coefficient (Wildman–Crippen LogP) is 3.34. The molecule has 0 radical (unpaired) electrons. The maximum absolute atomic E-state index is 12.3. The summed E-state index contributed by atoms with van der Waals surface area (Å²) in [7, 11) is 5.13. The number of carbonyl (C=O) groups is 4. The Morgan fingerprint density at radius 3 is 1.98 bits per heavy atom.